The van der Waals surface area contributed by atoms with Crippen LogP contribution >= 0.6 is 22.6 Å². The molecule has 0 aliphatic carbocycles. The predicted octanol–water partition coefficient (Wildman–Crippen LogP) is 3.38. The first-order chi connectivity index (χ1) is 13.8. The minimum absolute atomic E-state index is 0.0603. The number of aromatic amines is 1. The average molecular weight is 550 g/mol. The molecule has 2 aliphatic heterocycles. The summed E-state index contributed by atoms with van der Waals surface area (Å²) in [6.07, 6.45) is -0.332. The number of rotatable bonds is 5. The molecule has 168 valence electrons. The molecule has 3 heterocycles. The van der Waals surface area contributed by atoms with Crippen molar-refractivity contribution < 1.29 is 18.6 Å². The van der Waals surface area contributed by atoms with Gasteiger partial charge < -0.3 is 18.6 Å². The van der Waals surface area contributed by atoms with E-state index < -0.39 is 43.8 Å². The molecular formula is C20H31IN2O6Si. The van der Waals surface area contributed by atoms with Crippen molar-refractivity contribution in [2.45, 2.75) is 83.1 Å². The minimum atomic E-state index is -2.00. The van der Waals surface area contributed by atoms with Crippen LogP contribution in [0.2, 0.25) is 18.1 Å². The van der Waals surface area contributed by atoms with Gasteiger partial charge in [0.25, 0.3) is 5.56 Å². The molecule has 0 spiro atoms. The maximum atomic E-state index is 12.7. The summed E-state index contributed by atoms with van der Waals surface area (Å²) < 4.78 is 28.1. The Morgan fingerprint density at radius 2 is 1.90 bits per heavy atom. The topological polar surface area (TPSA) is 91.8 Å². The summed E-state index contributed by atoms with van der Waals surface area (Å²) in [7, 11) is -2.00. The molecule has 0 amide bonds. The molecule has 30 heavy (non-hydrogen) atoms. The molecule has 2 saturated heterocycles. The van der Waals surface area contributed by atoms with Gasteiger partial charge in [-0.15, -0.1) is 0 Å². The molecule has 0 aromatic carbocycles. The molecular weight excluding hydrogens is 519 g/mol. The first-order valence-corrected chi connectivity index (χ1v) is 14.2. The molecule has 0 radical (unpaired) electrons. The van der Waals surface area contributed by atoms with Gasteiger partial charge in [-0.2, -0.15) is 0 Å². The van der Waals surface area contributed by atoms with Crippen molar-refractivity contribution >= 4 is 37.0 Å². The van der Waals surface area contributed by atoms with Crippen LogP contribution in [0.5, 0.6) is 0 Å². The predicted molar refractivity (Wildman–Crippen MR) is 125 cm³/mol. The Morgan fingerprint density at radius 1 is 1.27 bits per heavy atom. The highest BCUT2D eigenvalue weighted by Crippen LogP contribution is 2.44. The highest BCUT2D eigenvalue weighted by atomic mass is 127. The van der Waals surface area contributed by atoms with Crippen LogP contribution in [0.25, 0.3) is 6.08 Å². The molecule has 1 aromatic rings. The largest absolute Gasteiger partial charge is 0.414 e. The summed E-state index contributed by atoms with van der Waals surface area (Å²) in [6.45, 7) is 14.9. The second-order valence-corrected chi connectivity index (χ2v) is 15.3. The summed E-state index contributed by atoms with van der Waals surface area (Å²) in [5.41, 5.74) is -0.562. The molecule has 3 rings (SSSR count). The normalized spacial score (nSPS) is 28.9. The lowest BCUT2D eigenvalue weighted by atomic mass is 10.1. The second-order valence-electron chi connectivity index (χ2n) is 9.73. The van der Waals surface area contributed by atoms with Crippen LogP contribution in [-0.4, -0.2) is 48.6 Å². The molecule has 10 heteroatoms. The van der Waals surface area contributed by atoms with Crippen molar-refractivity contribution in [3.8, 4) is 0 Å². The lowest BCUT2D eigenvalue weighted by molar-refractivity contribution is -0.200. The molecule has 4 atom stereocenters. The second kappa shape index (κ2) is 8.28. The molecule has 2 aliphatic rings. The Kier molecular flexibility index (Phi) is 6.59. The quantitative estimate of drug-likeness (QED) is 0.447. The van der Waals surface area contributed by atoms with Gasteiger partial charge in [0.1, 0.15) is 18.3 Å². The number of H-pyrrole nitrogens is 1. The van der Waals surface area contributed by atoms with E-state index in [-0.39, 0.29) is 11.1 Å². The van der Waals surface area contributed by atoms with Crippen molar-refractivity contribution in [1.82, 2.24) is 9.55 Å². The molecule has 0 bridgehead atoms. The number of nitrogens with zero attached hydrogens (tertiary/aromatic N) is 1. The van der Waals surface area contributed by atoms with Crippen LogP contribution in [0, 0.1) is 0 Å². The molecule has 0 saturated carbocycles. The van der Waals surface area contributed by atoms with Gasteiger partial charge in [0.15, 0.2) is 20.3 Å². The van der Waals surface area contributed by atoms with Crippen molar-refractivity contribution in [1.29, 1.82) is 0 Å². The minimum Gasteiger partial charge on any atom is -0.414 e. The number of hydrogen-bond acceptors (Lipinski definition) is 6. The van der Waals surface area contributed by atoms with Crippen molar-refractivity contribution in [3.05, 3.63) is 36.7 Å². The van der Waals surface area contributed by atoms with Gasteiger partial charge in [-0.25, -0.2) is 4.79 Å². The maximum absolute atomic E-state index is 12.7. The van der Waals surface area contributed by atoms with Crippen molar-refractivity contribution in [3.63, 3.8) is 0 Å². The zero-order chi connectivity index (χ0) is 22.5. The summed E-state index contributed by atoms with van der Waals surface area (Å²) >= 11 is 2.04. The van der Waals surface area contributed by atoms with Gasteiger partial charge in [0.05, 0.1) is 12.3 Å². The monoisotopic (exact) mass is 550 g/mol. The van der Waals surface area contributed by atoms with Crippen LogP contribution in [0.15, 0.2) is 19.7 Å². The third-order valence-electron chi connectivity index (χ3n) is 6.03. The van der Waals surface area contributed by atoms with E-state index in [1.807, 2.05) is 36.4 Å². The van der Waals surface area contributed by atoms with Gasteiger partial charge in [0.2, 0.25) is 0 Å². The van der Waals surface area contributed by atoms with E-state index >= 15 is 0 Å². The van der Waals surface area contributed by atoms with E-state index in [0.717, 1.165) is 0 Å². The van der Waals surface area contributed by atoms with Gasteiger partial charge >= 0.3 is 5.69 Å². The van der Waals surface area contributed by atoms with Gasteiger partial charge in [-0.1, -0.05) is 43.4 Å². The SMILES string of the molecule is CC1(C)O[C@@H]2[C@H](O1)[C@@H](CO[Si](C)(C)C(C)(C)C)O[C@H]2n1c(/C=C\I)cc(=O)[nH]c1=O. The maximum Gasteiger partial charge on any atom is 0.331 e. The van der Waals surface area contributed by atoms with Crippen molar-refractivity contribution in [2.75, 3.05) is 6.61 Å². The van der Waals surface area contributed by atoms with E-state index in [1.165, 1.54) is 10.6 Å². The molecule has 1 N–H and O–H groups in total. The van der Waals surface area contributed by atoms with E-state index in [2.05, 4.69) is 38.8 Å². The summed E-state index contributed by atoms with van der Waals surface area (Å²) in [6, 6.07) is 1.37. The fourth-order valence-electron chi connectivity index (χ4n) is 3.49. The van der Waals surface area contributed by atoms with Gasteiger partial charge in [-0.05, 0) is 42.1 Å². The lowest BCUT2D eigenvalue weighted by Gasteiger charge is -2.37. The third kappa shape index (κ3) is 4.68. The molecule has 0 unspecified atom stereocenters. The highest BCUT2D eigenvalue weighted by Gasteiger charge is 2.56. The fraction of sp³-hybridized carbons (Fsp3) is 0.700. The molecule has 8 nitrogen and oxygen atoms in total. The number of halogens is 1. The number of hydrogen-bond donors (Lipinski definition) is 1. The fourth-order valence-corrected chi connectivity index (χ4v) is 4.87. The van der Waals surface area contributed by atoms with E-state index in [0.29, 0.717) is 12.3 Å². The molecule has 1 aromatic heterocycles. The Bertz CT molecular complexity index is 932. The number of nitrogens with one attached hydrogen (secondary N) is 1. The Balaban J connectivity index is 1.95. The van der Waals surface area contributed by atoms with Crippen LogP contribution in [-0.2, 0) is 18.6 Å². The number of aromatic nitrogens is 2. The Labute approximate surface area is 191 Å². The van der Waals surface area contributed by atoms with Crippen LogP contribution in [0.4, 0.5) is 0 Å². The first-order valence-electron chi connectivity index (χ1n) is 10.0. The van der Waals surface area contributed by atoms with Crippen LogP contribution in [0.1, 0.15) is 46.5 Å². The van der Waals surface area contributed by atoms with Crippen LogP contribution in [0.3, 0.4) is 0 Å². The van der Waals surface area contributed by atoms with Crippen molar-refractivity contribution in [2.24, 2.45) is 0 Å². The smallest absolute Gasteiger partial charge is 0.331 e. The zero-order valence-corrected chi connectivity index (χ0v) is 21.7. The standard InChI is InChI=1S/C20H31IN2O6Si/c1-19(2,3)30(6,7)26-11-13-15-16(29-20(4,5)28-15)17(27-13)23-12(8-9-21)10-14(24)22-18(23)25/h8-10,13,15-17H,11H2,1-7H3,(H,22,24,25)/b9-8-/t13-,15-,16-,17-/m1/s1. The lowest BCUT2D eigenvalue weighted by Crippen LogP contribution is -2.44. The number of fused-ring (bicyclic) bond motifs is 1. The Morgan fingerprint density at radius 3 is 2.50 bits per heavy atom. The summed E-state index contributed by atoms with van der Waals surface area (Å²) in [5, 5.41) is 0.0603. The Hall–Kier alpha value is -0.793. The van der Waals surface area contributed by atoms with E-state index in [4.69, 9.17) is 18.6 Å². The number of ether oxygens (including phenoxy) is 3. The zero-order valence-electron chi connectivity index (χ0n) is 18.5. The first kappa shape index (κ1) is 23.9. The van der Waals surface area contributed by atoms with Crippen LogP contribution < -0.4 is 11.2 Å². The van der Waals surface area contributed by atoms with Gasteiger partial charge in [-0.3, -0.25) is 14.3 Å². The molecule has 2 fully saturated rings. The summed E-state index contributed by atoms with van der Waals surface area (Å²) in [5.74, 6) is -0.808. The van der Waals surface area contributed by atoms with E-state index in [9.17, 15) is 9.59 Å². The van der Waals surface area contributed by atoms with E-state index in [1.54, 1.807) is 10.2 Å². The summed E-state index contributed by atoms with van der Waals surface area (Å²) in [4.78, 5) is 26.9. The average Bonchev–Trinajstić information content (AvgIpc) is 3.05. The highest BCUT2D eigenvalue weighted by molar-refractivity contribution is 14.1. The third-order valence-corrected chi connectivity index (χ3v) is 10.9. The van der Waals surface area contributed by atoms with Gasteiger partial charge in [0, 0.05) is 6.07 Å².